The summed E-state index contributed by atoms with van der Waals surface area (Å²) >= 11 is 0. The van der Waals surface area contributed by atoms with E-state index in [1.165, 1.54) is 0 Å². The number of piperidine rings is 1. The van der Waals surface area contributed by atoms with Gasteiger partial charge in [0.1, 0.15) is 12.1 Å². The van der Waals surface area contributed by atoms with Gasteiger partial charge in [-0.3, -0.25) is 19.4 Å². The Balaban J connectivity index is 1.25. The first-order chi connectivity index (χ1) is 14.4. The van der Waals surface area contributed by atoms with Gasteiger partial charge >= 0.3 is 6.03 Å². The second-order valence-electron chi connectivity index (χ2n) is 9.76. The van der Waals surface area contributed by atoms with Crippen molar-refractivity contribution in [1.29, 1.82) is 0 Å². The Bertz CT molecular complexity index is 660. The van der Waals surface area contributed by atoms with Crippen molar-refractivity contribution < 1.29 is 19.1 Å². The SMILES string of the molecule is CC1CN(CC2CCN(C(=O)CN3C(=O)NC4(CCCCC4)C3=O)CC2)CC(C)O1. The summed E-state index contributed by atoms with van der Waals surface area (Å²) in [7, 11) is 0. The molecule has 1 spiro atoms. The lowest BCUT2D eigenvalue weighted by Crippen LogP contribution is -2.50. The monoisotopic (exact) mass is 420 g/mol. The quantitative estimate of drug-likeness (QED) is 0.699. The second-order valence-corrected chi connectivity index (χ2v) is 9.76. The Hall–Kier alpha value is -1.67. The lowest BCUT2D eigenvalue weighted by molar-refractivity contribution is -0.140. The Labute approximate surface area is 179 Å². The van der Waals surface area contributed by atoms with Gasteiger partial charge in [0.25, 0.3) is 5.91 Å². The Morgan fingerprint density at radius 1 is 1.07 bits per heavy atom. The van der Waals surface area contributed by atoms with Gasteiger partial charge in [-0.15, -0.1) is 0 Å². The van der Waals surface area contributed by atoms with Gasteiger partial charge in [-0.05, 0) is 45.4 Å². The van der Waals surface area contributed by atoms with E-state index in [0.717, 1.165) is 56.6 Å². The summed E-state index contributed by atoms with van der Waals surface area (Å²) in [6, 6.07) is -0.402. The number of nitrogens with one attached hydrogen (secondary N) is 1. The number of rotatable bonds is 4. The zero-order valence-electron chi connectivity index (χ0n) is 18.4. The zero-order chi connectivity index (χ0) is 21.3. The zero-order valence-corrected chi connectivity index (χ0v) is 18.4. The molecule has 3 aliphatic heterocycles. The van der Waals surface area contributed by atoms with Crippen molar-refractivity contribution in [1.82, 2.24) is 20.0 Å². The number of urea groups is 1. The van der Waals surface area contributed by atoms with E-state index >= 15 is 0 Å². The van der Waals surface area contributed by atoms with Crippen LogP contribution < -0.4 is 5.32 Å². The number of imide groups is 1. The molecule has 0 aromatic rings. The molecular formula is C22H36N4O4. The Morgan fingerprint density at radius 2 is 1.70 bits per heavy atom. The molecule has 4 rings (SSSR count). The third kappa shape index (κ3) is 4.49. The highest BCUT2D eigenvalue weighted by molar-refractivity contribution is 6.09. The number of amides is 4. The molecule has 3 saturated heterocycles. The van der Waals surface area contributed by atoms with E-state index < -0.39 is 11.6 Å². The van der Waals surface area contributed by atoms with Crippen LogP contribution in [0.15, 0.2) is 0 Å². The van der Waals surface area contributed by atoms with Crippen molar-refractivity contribution in [2.24, 2.45) is 5.92 Å². The highest BCUT2D eigenvalue weighted by Crippen LogP contribution is 2.33. The highest BCUT2D eigenvalue weighted by Gasteiger charge is 2.51. The average Bonchev–Trinajstić information content (AvgIpc) is 2.92. The van der Waals surface area contributed by atoms with Gasteiger partial charge in [-0.1, -0.05) is 19.3 Å². The lowest BCUT2D eigenvalue weighted by Gasteiger charge is -2.39. The summed E-state index contributed by atoms with van der Waals surface area (Å²) in [4.78, 5) is 43.6. The minimum atomic E-state index is -0.755. The molecule has 30 heavy (non-hydrogen) atoms. The fraction of sp³-hybridized carbons (Fsp3) is 0.864. The number of morpholine rings is 1. The third-order valence-corrected chi connectivity index (χ3v) is 7.23. The molecule has 2 unspecified atom stereocenters. The van der Waals surface area contributed by atoms with Gasteiger partial charge in [0.2, 0.25) is 5.91 Å². The van der Waals surface area contributed by atoms with E-state index in [0.29, 0.717) is 31.8 Å². The first-order valence-corrected chi connectivity index (χ1v) is 11.7. The third-order valence-electron chi connectivity index (χ3n) is 7.23. The van der Waals surface area contributed by atoms with Crippen LogP contribution in [-0.4, -0.2) is 89.6 Å². The van der Waals surface area contributed by atoms with Crippen molar-refractivity contribution in [2.45, 2.75) is 76.5 Å². The minimum Gasteiger partial charge on any atom is -0.373 e. The number of carbonyl (C=O) groups is 3. The van der Waals surface area contributed by atoms with Gasteiger partial charge in [0.15, 0.2) is 0 Å². The Kier molecular flexibility index (Phi) is 6.34. The minimum absolute atomic E-state index is 0.113. The summed E-state index contributed by atoms with van der Waals surface area (Å²) in [6.45, 7) is 8.51. The summed E-state index contributed by atoms with van der Waals surface area (Å²) in [6.07, 6.45) is 6.84. The van der Waals surface area contributed by atoms with Crippen LogP contribution in [0.3, 0.4) is 0 Å². The molecule has 1 saturated carbocycles. The average molecular weight is 421 g/mol. The lowest BCUT2D eigenvalue weighted by atomic mass is 9.82. The van der Waals surface area contributed by atoms with Gasteiger partial charge < -0.3 is 15.0 Å². The van der Waals surface area contributed by atoms with Gasteiger partial charge in [-0.25, -0.2) is 4.79 Å². The van der Waals surface area contributed by atoms with Crippen molar-refractivity contribution in [3.8, 4) is 0 Å². The molecule has 0 aromatic heterocycles. The predicted octanol–water partition coefficient (Wildman–Crippen LogP) is 1.59. The predicted molar refractivity (Wildman–Crippen MR) is 112 cm³/mol. The Morgan fingerprint density at radius 3 is 2.33 bits per heavy atom. The number of likely N-dealkylation sites (tertiary alicyclic amines) is 1. The smallest absolute Gasteiger partial charge is 0.325 e. The van der Waals surface area contributed by atoms with Crippen LogP contribution in [0, 0.1) is 5.92 Å². The van der Waals surface area contributed by atoms with Gasteiger partial charge in [0.05, 0.1) is 12.2 Å². The molecular weight excluding hydrogens is 384 g/mol. The standard InChI is InChI=1S/C22H36N4O4/c1-16-12-24(13-17(2)30-16)14-18-6-10-25(11-7-18)19(27)15-26-20(28)22(23-21(26)29)8-4-3-5-9-22/h16-18H,3-15H2,1-2H3,(H,23,29). The molecule has 8 nitrogen and oxygen atoms in total. The normalized spacial score (nSPS) is 30.7. The highest BCUT2D eigenvalue weighted by atomic mass is 16.5. The molecule has 0 radical (unpaired) electrons. The van der Waals surface area contributed by atoms with E-state index in [9.17, 15) is 14.4 Å². The fourth-order valence-corrected chi connectivity index (χ4v) is 5.71. The number of ether oxygens (including phenoxy) is 1. The van der Waals surface area contributed by atoms with Crippen LogP contribution in [0.1, 0.15) is 58.8 Å². The molecule has 4 fully saturated rings. The maximum atomic E-state index is 12.9. The number of nitrogens with zero attached hydrogens (tertiary/aromatic N) is 3. The molecule has 0 bridgehead atoms. The molecule has 1 aliphatic carbocycles. The van der Waals surface area contributed by atoms with Crippen LogP contribution >= 0.6 is 0 Å². The molecule has 4 amide bonds. The number of hydrogen-bond donors (Lipinski definition) is 1. The van der Waals surface area contributed by atoms with E-state index in [2.05, 4.69) is 24.1 Å². The van der Waals surface area contributed by atoms with E-state index in [4.69, 9.17) is 4.74 Å². The van der Waals surface area contributed by atoms with Crippen LogP contribution in [0.2, 0.25) is 0 Å². The summed E-state index contributed by atoms with van der Waals surface area (Å²) in [5.41, 5.74) is -0.755. The molecule has 2 atom stereocenters. The van der Waals surface area contributed by atoms with Crippen LogP contribution in [0.5, 0.6) is 0 Å². The first-order valence-electron chi connectivity index (χ1n) is 11.7. The van der Waals surface area contributed by atoms with Crippen LogP contribution in [-0.2, 0) is 14.3 Å². The van der Waals surface area contributed by atoms with Gasteiger partial charge in [-0.2, -0.15) is 0 Å². The van der Waals surface area contributed by atoms with Crippen molar-refractivity contribution >= 4 is 17.8 Å². The largest absolute Gasteiger partial charge is 0.373 e. The molecule has 0 aromatic carbocycles. The fourth-order valence-electron chi connectivity index (χ4n) is 5.71. The summed E-state index contributed by atoms with van der Waals surface area (Å²) < 4.78 is 5.82. The van der Waals surface area contributed by atoms with E-state index in [-0.39, 0.29) is 30.6 Å². The van der Waals surface area contributed by atoms with Crippen LogP contribution in [0.4, 0.5) is 4.79 Å². The second kappa shape index (κ2) is 8.83. The first kappa shape index (κ1) is 21.6. The van der Waals surface area contributed by atoms with Crippen molar-refractivity contribution in [3.63, 3.8) is 0 Å². The molecule has 3 heterocycles. The maximum absolute atomic E-state index is 12.9. The van der Waals surface area contributed by atoms with Crippen LogP contribution in [0.25, 0.3) is 0 Å². The topological polar surface area (TPSA) is 82.2 Å². The molecule has 1 N–H and O–H groups in total. The molecule has 8 heteroatoms. The summed E-state index contributed by atoms with van der Waals surface area (Å²) in [5, 5.41) is 2.89. The van der Waals surface area contributed by atoms with Gasteiger partial charge in [0, 0.05) is 32.7 Å². The summed E-state index contributed by atoms with van der Waals surface area (Å²) in [5.74, 6) is 0.262. The van der Waals surface area contributed by atoms with Crippen molar-refractivity contribution in [3.05, 3.63) is 0 Å². The molecule has 168 valence electrons. The van der Waals surface area contributed by atoms with E-state index in [1.54, 1.807) is 0 Å². The number of hydrogen-bond acceptors (Lipinski definition) is 5. The van der Waals surface area contributed by atoms with Crippen molar-refractivity contribution in [2.75, 3.05) is 39.3 Å². The molecule has 4 aliphatic rings. The maximum Gasteiger partial charge on any atom is 0.325 e. The van der Waals surface area contributed by atoms with E-state index in [1.807, 2.05) is 4.90 Å². The number of carbonyl (C=O) groups excluding carboxylic acids is 3.